The number of fused-ring (bicyclic) bond motifs is 1. The molecule has 6 nitrogen and oxygen atoms in total. The lowest BCUT2D eigenvalue weighted by atomic mass is 9.90. The second-order valence-corrected chi connectivity index (χ2v) is 9.76. The van der Waals surface area contributed by atoms with Crippen LogP contribution in [0.2, 0.25) is 0 Å². The van der Waals surface area contributed by atoms with Crippen LogP contribution in [0, 0.1) is 6.92 Å². The molecule has 1 fully saturated rings. The van der Waals surface area contributed by atoms with E-state index in [1.54, 1.807) is 17.9 Å². The average Bonchev–Trinajstić information content (AvgIpc) is 2.74. The van der Waals surface area contributed by atoms with Gasteiger partial charge >= 0.3 is 0 Å². The zero-order valence-electron chi connectivity index (χ0n) is 16.6. The Kier molecular flexibility index (Phi) is 5.36. The average molecular weight is 415 g/mol. The lowest BCUT2D eigenvalue weighted by molar-refractivity contribution is 0.0697. The SMILES string of the molecule is Cc1ccc(O)c(S(=O)(=O)N2CCN(C(=O)c3ccc4c(c3)CCCC4)CC2)c1. The zero-order chi connectivity index (χ0) is 20.6. The van der Waals surface area contributed by atoms with Crippen molar-refractivity contribution < 1.29 is 18.3 Å². The van der Waals surface area contributed by atoms with Gasteiger partial charge in [0.2, 0.25) is 10.0 Å². The lowest BCUT2D eigenvalue weighted by Gasteiger charge is -2.34. The van der Waals surface area contributed by atoms with Crippen LogP contribution >= 0.6 is 0 Å². The molecule has 1 amide bonds. The Hall–Kier alpha value is -2.38. The molecule has 1 aliphatic heterocycles. The highest BCUT2D eigenvalue weighted by molar-refractivity contribution is 7.89. The Balaban J connectivity index is 1.46. The van der Waals surface area contributed by atoms with Gasteiger partial charge in [0, 0.05) is 31.7 Å². The van der Waals surface area contributed by atoms with Crippen molar-refractivity contribution in [2.24, 2.45) is 0 Å². The van der Waals surface area contributed by atoms with E-state index in [4.69, 9.17) is 0 Å². The van der Waals surface area contributed by atoms with E-state index >= 15 is 0 Å². The van der Waals surface area contributed by atoms with Crippen LogP contribution in [0.4, 0.5) is 0 Å². The number of aromatic hydroxyl groups is 1. The van der Waals surface area contributed by atoms with E-state index < -0.39 is 10.0 Å². The highest BCUT2D eigenvalue weighted by atomic mass is 32.2. The van der Waals surface area contributed by atoms with Gasteiger partial charge in [0.05, 0.1) is 0 Å². The Morgan fingerprint density at radius 2 is 1.62 bits per heavy atom. The number of rotatable bonds is 3. The molecule has 0 bridgehead atoms. The molecule has 2 aliphatic rings. The summed E-state index contributed by atoms with van der Waals surface area (Å²) in [6.07, 6.45) is 4.45. The van der Waals surface area contributed by atoms with Gasteiger partial charge in [0.1, 0.15) is 10.6 Å². The van der Waals surface area contributed by atoms with E-state index in [1.807, 2.05) is 12.1 Å². The van der Waals surface area contributed by atoms with Crippen LogP contribution in [0.5, 0.6) is 5.75 Å². The molecule has 2 aromatic rings. The summed E-state index contributed by atoms with van der Waals surface area (Å²) < 4.78 is 27.2. The third-order valence-electron chi connectivity index (χ3n) is 5.85. The summed E-state index contributed by atoms with van der Waals surface area (Å²) in [5.74, 6) is -0.294. The molecule has 7 heteroatoms. The Bertz CT molecular complexity index is 1040. The van der Waals surface area contributed by atoms with Gasteiger partial charge in [-0.3, -0.25) is 4.79 Å². The zero-order valence-corrected chi connectivity index (χ0v) is 17.4. The minimum Gasteiger partial charge on any atom is -0.507 e. The molecular weight excluding hydrogens is 388 g/mol. The smallest absolute Gasteiger partial charge is 0.253 e. The summed E-state index contributed by atoms with van der Waals surface area (Å²) in [7, 11) is -3.80. The van der Waals surface area contributed by atoms with E-state index in [2.05, 4.69) is 6.07 Å². The fraction of sp³-hybridized carbons (Fsp3) is 0.409. The monoisotopic (exact) mass is 414 g/mol. The first-order valence-corrected chi connectivity index (χ1v) is 11.5. The molecule has 4 rings (SSSR count). The topological polar surface area (TPSA) is 77.9 Å². The van der Waals surface area contributed by atoms with Gasteiger partial charge in [0.15, 0.2) is 0 Å². The van der Waals surface area contributed by atoms with Gasteiger partial charge in [-0.15, -0.1) is 0 Å². The summed E-state index contributed by atoms with van der Waals surface area (Å²) in [6, 6.07) is 10.5. The van der Waals surface area contributed by atoms with Crippen LogP contribution in [-0.2, 0) is 22.9 Å². The van der Waals surface area contributed by atoms with Crippen LogP contribution in [0.15, 0.2) is 41.3 Å². The number of phenols is 1. The molecule has 0 radical (unpaired) electrons. The van der Waals surface area contributed by atoms with E-state index in [0.29, 0.717) is 18.7 Å². The fourth-order valence-corrected chi connectivity index (χ4v) is 5.74. The second-order valence-electron chi connectivity index (χ2n) is 7.86. The number of sulfonamides is 1. The first-order valence-electron chi connectivity index (χ1n) is 10.1. The summed E-state index contributed by atoms with van der Waals surface area (Å²) in [6.45, 7) is 2.88. The van der Waals surface area contributed by atoms with Gasteiger partial charge < -0.3 is 10.0 Å². The summed E-state index contributed by atoms with van der Waals surface area (Å²) in [5.41, 5.74) is 4.04. The number of carbonyl (C=O) groups is 1. The van der Waals surface area contributed by atoms with Crippen molar-refractivity contribution in [1.82, 2.24) is 9.21 Å². The highest BCUT2D eigenvalue weighted by Crippen LogP contribution is 2.28. The predicted molar refractivity (Wildman–Crippen MR) is 111 cm³/mol. The number of carbonyl (C=O) groups excluding carboxylic acids is 1. The summed E-state index contributed by atoms with van der Waals surface area (Å²) >= 11 is 0. The number of benzene rings is 2. The van der Waals surface area contributed by atoms with E-state index in [1.165, 1.54) is 34.0 Å². The van der Waals surface area contributed by atoms with Crippen molar-refractivity contribution in [2.75, 3.05) is 26.2 Å². The number of aryl methyl sites for hydroxylation is 3. The third-order valence-corrected chi connectivity index (χ3v) is 7.78. The van der Waals surface area contributed by atoms with E-state index in [-0.39, 0.29) is 29.6 Å². The molecule has 0 aromatic heterocycles. The van der Waals surface area contributed by atoms with Crippen LogP contribution in [-0.4, -0.2) is 54.8 Å². The molecule has 0 spiro atoms. The van der Waals surface area contributed by atoms with Crippen LogP contribution in [0.3, 0.4) is 0 Å². The van der Waals surface area contributed by atoms with E-state index in [0.717, 1.165) is 24.8 Å². The lowest BCUT2D eigenvalue weighted by Crippen LogP contribution is -2.50. The van der Waals surface area contributed by atoms with E-state index in [9.17, 15) is 18.3 Å². The number of piperazine rings is 1. The van der Waals surface area contributed by atoms with Crippen molar-refractivity contribution in [3.8, 4) is 5.75 Å². The van der Waals surface area contributed by atoms with Crippen molar-refractivity contribution in [1.29, 1.82) is 0 Å². The van der Waals surface area contributed by atoms with Gasteiger partial charge in [-0.25, -0.2) is 8.42 Å². The van der Waals surface area contributed by atoms with Crippen LogP contribution < -0.4 is 0 Å². The van der Waals surface area contributed by atoms with Gasteiger partial charge in [-0.2, -0.15) is 4.31 Å². The Morgan fingerprint density at radius 3 is 2.34 bits per heavy atom. The van der Waals surface area contributed by atoms with Crippen LogP contribution in [0.1, 0.15) is 39.9 Å². The Morgan fingerprint density at radius 1 is 0.931 bits per heavy atom. The predicted octanol–water partition coefficient (Wildman–Crippen LogP) is 2.73. The normalized spacial score (nSPS) is 17.8. The van der Waals surface area contributed by atoms with Crippen molar-refractivity contribution in [3.05, 3.63) is 58.7 Å². The number of hydrogen-bond donors (Lipinski definition) is 1. The van der Waals surface area contributed by atoms with Crippen molar-refractivity contribution in [2.45, 2.75) is 37.5 Å². The first-order chi connectivity index (χ1) is 13.9. The molecule has 0 unspecified atom stereocenters. The number of nitrogens with zero attached hydrogens (tertiary/aromatic N) is 2. The molecule has 2 aromatic carbocycles. The maximum atomic E-state index is 12.9. The largest absolute Gasteiger partial charge is 0.507 e. The standard InChI is InChI=1S/C22H26N2O4S/c1-16-6-9-20(25)21(14-16)29(27,28)24-12-10-23(11-13-24)22(26)19-8-7-17-4-2-3-5-18(17)15-19/h6-9,14-15,25H,2-5,10-13H2,1H3. The molecule has 1 N–H and O–H groups in total. The molecule has 29 heavy (non-hydrogen) atoms. The second kappa shape index (κ2) is 7.80. The van der Waals surface area contributed by atoms with Gasteiger partial charge in [-0.05, 0) is 73.6 Å². The number of hydrogen-bond acceptors (Lipinski definition) is 4. The molecule has 1 heterocycles. The molecule has 0 atom stereocenters. The van der Waals surface area contributed by atoms with Crippen molar-refractivity contribution in [3.63, 3.8) is 0 Å². The maximum absolute atomic E-state index is 12.9. The third kappa shape index (κ3) is 3.89. The summed E-state index contributed by atoms with van der Waals surface area (Å²) in [4.78, 5) is 14.6. The van der Waals surface area contributed by atoms with Gasteiger partial charge in [-0.1, -0.05) is 12.1 Å². The molecule has 1 aliphatic carbocycles. The minimum atomic E-state index is -3.80. The van der Waals surface area contributed by atoms with Gasteiger partial charge in [0.25, 0.3) is 5.91 Å². The molecule has 154 valence electrons. The fourth-order valence-electron chi connectivity index (χ4n) is 4.15. The summed E-state index contributed by atoms with van der Waals surface area (Å²) in [5, 5.41) is 10.0. The highest BCUT2D eigenvalue weighted by Gasteiger charge is 2.32. The quantitative estimate of drug-likeness (QED) is 0.838. The minimum absolute atomic E-state index is 0.0474. The molecular formula is C22H26N2O4S. The number of phenolic OH excluding ortho intramolecular Hbond substituents is 1. The van der Waals surface area contributed by atoms with Crippen molar-refractivity contribution >= 4 is 15.9 Å². The Labute approximate surface area is 171 Å². The molecule has 1 saturated heterocycles. The number of amides is 1. The van der Waals surface area contributed by atoms with Crippen LogP contribution in [0.25, 0.3) is 0 Å². The maximum Gasteiger partial charge on any atom is 0.253 e. The first kappa shape index (κ1) is 19.9. The molecule has 0 saturated carbocycles.